The lowest BCUT2D eigenvalue weighted by Gasteiger charge is -2.35. The second kappa shape index (κ2) is 7.35. The minimum Gasteiger partial charge on any atom is -0.423 e. The first kappa shape index (κ1) is 19.5. The van der Waals surface area contributed by atoms with Gasteiger partial charge in [-0.25, -0.2) is 4.79 Å². The van der Waals surface area contributed by atoms with Crippen molar-refractivity contribution in [2.75, 3.05) is 27.2 Å². The van der Waals surface area contributed by atoms with Crippen molar-refractivity contribution in [1.29, 1.82) is 0 Å². The molecule has 0 unspecified atom stereocenters. The van der Waals surface area contributed by atoms with Gasteiger partial charge in [0.2, 0.25) is 11.8 Å². The van der Waals surface area contributed by atoms with Crippen LogP contribution in [0.3, 0.4) is 0 Å². The third-order valence-corrected chi connectivity index (χ3v) is 6.68. The summed E-state index contributed by atoms with van der Waals surface area (Å²) in [6.07, 6.45) is 3.08. The normalized spacial score (nSPS) is 25.4. The smallest absolute Gasteiger partial charge is 0.345 e. The summed E-state index contributed by atoms with van der Waals surface area (Å²) in [7, 11) is 4.05. The number of fused-ring (bicyclic) bond motifs is 3. The third kappa shape index (κ3) is 3.37. The van der Waals surface area contributed by atoms with Crippen molar-refractivity contribution in [3.63, 3.8) is 0 Å². The molecule has 160 valence electrons. The van der Waals surface area contributed by atoms with Gasteiger partial charge in [-0.1, -0.05) is 37.3 Å². The lowest BCUT2D eigenvalue weighted by atomic mass is 9.85. The Hall–Kier alpha value is -2.45. The number of likely N-dealkylation sites (N-methyl/N-ethyl adjacent to an activating group) is 1. The molecule has 1 aliphatic carbocycles. The van der Waals surface area contributed by atoms with Crippen LogP contribution in [0.15, 0.2) is 34.7 Å². The molecule has 30 heavy (non-hydrogen) atoms. The summed E-state index contributed by atoms with van der Waals surface area (Å²) >= 11 is 0. The van der Waals surface area contributed by atoms with E-state index in [1.807, 2.05) is 49.3 Å². The summed E-state index contributed by atoms with van der Waals surface area (Å²) in [4.78, 5) is 23.2. The number of aromatic nitrogens is 2. The van der Waals surface area contributed by atoms with Gasteiger partial charge in [-0.05, 0) is 44.3 Å². The molecule has 2 aliphatic heterocycles. The van der Waals surface area contributed by atoms with E-state index in [9.17, 15) is 4.79 Å². The molecule has 8 heteroatoms. The molecule has 2 bridgehead atoms. The Morgan fingerprint density at radius 1 is 1.27 bits per heavy atom. The van der Waals surface area contributed by atoms with Gasteiger partial charge in [0.05, 0.1) is 6.04 Å². The standard InChI is InChI=1S/C22H29N5O3/c1-15(12-25(2)3)19-23-24-20(30-19)17-11-22(9-10-22)18-13-26(17)21(28)27(18)29-14-16-7-5-4-6-8-16/h4-8,15,17-18H,9-14H2,1-3H3/t15-,17-,18-/m0/s1. The highest BCUT2D eigenvalue weighted by atomic mass is 16.7. The Labute approximate surface area is 176 Å². The van der Waals surface area contributed by atoms with Crippen molar-refractivity contribution in [1.82, 2.24) is 25.1 Å². The Kier molecular flexibility index (Phi) is 4.78. The van der Waals surface area contributed by atoms with E-state index in [1.165, 1.54) is 0 Å². The molecule has 1 aromatic heterocycles. The summed E-state index contributed by atoms with van der Waals surface area (Å²) in [6.45, 7) is 3.96. The molecule has 3 heterocycles. The molecular weight excluding hydrogens is 382 g/mol. The maximum Gasteiger partial charge on any atom is 0.345 e. The van der Waals surface area contributed by atoms with Gasteiger partial charge in [-0.15, -0.1) is 10.2 Å². The first-order valence-electron chi connectivity index (χ1n) is 10.7. The highest BCUT2D eigenvalue weighted by Crippen LogP contribution is 2.61. The van der Waals surface area contributed by atoms with Crippen molar-refractivity contribution in [3.8, 4) is 0 Å². The summed E-state index contributed by atoms with van der Waals surface area (Å²) < 4.78 is 6.07. The van der Waals surface area contributed by atoms with E-state index in [4.69, 9.17) is 9.25 Å². The Morgan fingerprint density at radius 2 is 2.03 bits per heavy atom. The highest BCUT2D eigenvalue weighted by molar-refractivity contribution is 5.77. The molecular formula is C22H29N5O3. The molecule has 1 saturated carbocycles. The van der Waals surface area contributed by atoms with Crippen LogP contribution in [0.1, 0.15) is 55.5 Å². The van der Waals surface area contributed by atoms with Crippen molar-refractivity contribution < 1.29 is 14.0 Å². The van der Waals surface area contributed by atoms with Crippen molar-refractivity contribution in [3.05, 3.63) is 47.7 Å². The van der Waals surface area contributed by atoms with Crippen LogP contribution in [0.4, 0.5) is 4.79 Å². The SMILES string of the molecule is C[C@@H](CN(C)C)c1nnc([C@@H]2CC3(CC3)[C@@H]3CN2C(=O)N3OCc2ccccc2)o1. The van der Waals surface area contributed by atoms with Gasteiger partial charge in [-0.3, -0.25) is 4.84 Å². The van der Waals surface area contributed by atoms with Crippen molar-refractivity contribution >= 4 is 6.03 Å². The van der Waals surface area contributed by atoms with E-state index < -0.39 is 0 Å². The molecule has 3 atom stereocenters. The van der Waals surface area contributed by atoms with Crippen LogP contribution >= 0.6 is 0 Å². The van der Waals surface area contributed by atoms with E-state index >= 15 is 0 Å². The predicted molar refractivity (Wildman–Crippen MR) is 109 cm³/mol. The monoisotopic (exact) mass is 411 g/mol. The third-order valence-electron chi connectivity index (χ3n) is 6.68. The van der Waals surface area contributed by atoms with Gasteiger partial charge in [0.15, 0.2) is 0 Å². The molecule has 1 spiro atoms. The predicted octanol–water partition coefficient (Wildman–Crippen LogP) is 3.20. The molecule has 2 amide bonds. The zero-order chi connectivity index (χ0) is 20.9. The number of piperidine rings is 1. The van der Waals surface area contributed by atoms with E-state index in [2.05, 4.69) is 22.0 Å². The quantitative estimate of drug-likeness (QED) is 0.697. The van der Waals surface area contributed by atoms with Crippen LogP contribution in [0.5, 0.6) is 0 Å². The number of hydrogen-bond acceptors (Lipinski definition) is 6. The van der Waals surface area contributed by atoms with E-state index in [-0.39, 0.29) is 29.4 Å². The first-order valence-corrected chi connectivity index (χ1v) is 10.7. The number of amides is 2. The van der Waals surface area contributed by atoms with Gasteiger partial charge < -0.3 is 14.2 Å². The van der Waals surface area contributed by atoms with E-state index in [0.29, 0.717) is 24.9 Å². The molecule has 1 aromatic carbocycles. The van der Waals surface area contributed by atoms with Crippen LogP contribution in [0.25, 0.3) is 0 Å². The molecule has 8 nitrogen and oxygen atoms in total. The number of hydrogen-bond donors (Lipinski definition) is 0. The fourth-order valence-corrected chi connectivity index (χ4v) is 4.92. The van der Waals surface area contributed by atoms with Crippen LogP contribution in [0.2, 0.25) is 0 Å². The Morgan fingerprint density at radius 3 is 2.73 bits per heavy atom. The van der Waals surface area contributed by atoms with Crippen molar-refractivity contribution in [2.45, 2.75) is 50.8 Å². The summed E-state index contributed by atoms with van der Waals surface area (Å²) in [5.74, 6) is 1.33. The molecule has 0 radical (unpaired) electrons. The summed E-state index contributed by atoms with van der Waals surface area (Å²) in [5, 5.41) is 10.2. The van der Waals surface area contributed by atoms with Crippen LogP contribution in [0, 0.1) is 5.41 Å². The Balaban J connectivity index is 1.34. The average Bonchev–Trinajstić information content (AvgIpc) is 3.20. The van der Waals surface area contributed by atoms with Crippen LogP contribution in [-0.4, -0.2) is 64.3 Å². The van der Waals surface area contributed by atoms with Crippen LogP contribution in [-0.2, 0) is 11.4 Å². The number of hydroxylamine groups is 2. The second-order valence-electron chi connectivity index (χ2n) is 9.26. The first-order chi connectivity index (χ1) is 14.5. The molecule has 5 rings (SSSR count). The van der Waals surface area contributed by atoms with Gasteiger partial charge >= 0.3 is 6.03 Å². The highest BCUT2D eigenvalue weighted by Gasteiger charge is 2.64. The lowest BCUT2D eigenvalue weighted by molar-refractivity contribution is -0.153. The molecule has 3 fully saturated rings. The number of carbonyl (C=O) groups excluding carboxylic acids is 1. The van der Waals surface area contributed by atoms with E-state index in [0.717, 1.165) is 31.4 Å². The molecule has 0 N–H and O–H groups in total. The van der Waals surface area contributed by atoms with E-state index in [1.54, 1.807) is 5.06 Å². The maximum absolute atomic E-state index is 13.2. The molecule has 3 aliphatic rings. The van der Waals surface area contributed by atoms with Gasteiger partial charge in [-0.2, -0.15) is 5.06 Å². The minimum atomic E-state index is -0.172. The summed E-state index contributed by atoms with van der Waals surface area (Å²) in [6, 6.07) is 9.80. The zero-order valence-electron chi connectivity index (χ0n) is 17.8. The maximum atomic E-state index is 13.2. The van der Waals surface area contributed by atoms with Crippen molar-refractivity contribution in [2.24, 2.45) is 5.41 Å². The number of nitrogens with zero attached hydrogens (tertiary/aromatic N) is 5. The number of carbonyl (C=O) groups is 1. The molecule has 2 saturated heterocycles. The Bertz CT molecular complexity index is 911. The average molecular weight is 412 g/mol. The van der Waals surface area contributed by atoms with Gasteiger partial charge in [0.25, 0.3) is 0 Å². The number of urea groups is 1. The second-order valence-corrected chi connectivity index (χ2v) is 9.26. The fourth-order valence-electron chi connectivity index (χ4n) is 4.92. The number of benzene rings is 1. The summed E-state index contributed by atoms with van der Waals surface area (Å²) in [5.41, 5.74) is 1.16. The largest absolute Gasteiger partial charge is 0.423 e. The molecule has 2 aromatic rings. The lowest BCUT2D eigenvalue weighted by Crippen LogP contribution is -2.42. The zero-order valence-corrected chi connectivity index (χ0v) is 17.8. The number of rotatable bonds is 7. The van der Waals surface area contributed by atoms with Crippen LogP contribution < -0.4 is 0 Å². The fraction of sp³-hybridized carbons (Fsp3) is 0.591. The minimum absolute atomic E-state index is 0.0919. The topological polar surface area (TPSA) is 74.9 Å². The van der Waals surface area contributed by atoms with Gasteiger partial charge in [0.1, 0.15) is 12.6 Å². The van der Waals surface area contributed by atoms with Gasteiger partial charge in [0, 0.05) is 19.0 Å².